The number of carbonyl (C=O) groups is 1. The molecule has 1 aromatic heterocycles. The zero-order valence-electron chi connectivity index (χ0n) is 11.5. The van der Waals surface area contributed by atoms with Gasteiger partial charge in [0.05, 0.1) is 31.4 Å². The zero-order chi connectivity index (χ0) is 13.4. The predicted molar refractivity (Wildman–Crippen MR) is 69.7 cm³/mol. The van der Waals surface area contributed by atoms with E-state index >= 15 is 0 Å². The first-order valence-electron chi connectivity index (χ1n) is 6.70. The molecule has 0 spiro atoms. The number of ether oxygens (including phenoxy) is 1. The van der Waals surface area contributed by atoms with Crippen molar-refractivity contribution in [1.29, 1.82) is 0 Å². The molecule has 6 heteroatoms. The van der Waals surface area contributed by atoms with E-state index in [4.69, 9.17) is 4.74 Å². The van der Waals surface area contributed by atoms with Gasteiger partial charge in [0.15, 0.2) is 0 Å². The van der Waals surface area contributed by atoms with Crippen LogP contribution in [0, 0.1) is 0 Å². The topological polar surface area (TPSA) is 50.6 Å². The molecule has 1 amide bonds. The van der Waals surface area contributed by atoms with Crippen molar-refractivity contribution in [3.05, 3.63) is 18.0 Å². The van der Waals surface area contributed by atoms with Crippen LogP contribution in [0.3, 0.4) is 0 Å². The van der Waals surface area contributed by atoms with Crippen LogP contribution >= 0.6 is 0 Å². The van der Waals surface area contributed by atoms with Crippen LogP contribution in [-0.2, 0) is 23.0 Å². The number of likely N-dealkylation sites (N-methyl/N-ethyl adjacent to an activating group) is 1. The Balaban J connectivity index is 1.62. The number of carbonyl (C=O) groups excluding carboxylic acids is 1. The minimum absolute atomic E-state index is 0.166. The van der Waals surface area contributed by atoms with E-state index in [1.165, 1.54) is 0 Å². The third-order valence-electron chi connectivity index (χ3n) is 4.05. The second-order valence-corrected chi connectivity index (χ2v) is 5.45. The molecular formula is C13H20N4O2. The third kappa shape index (κ3) is 2.50. The molecule has 19 heavy (non-hydrogen) atoms. The molecule has 2 saturated heterocycles. The van der Waals surface area contributed by atoms with E-state index in [0.717, 1.165) is 25.3 Å². The molecule has 2 aliphatic heterocycles. The fraction of sp³-hybridized carbons (Fsp3) is 0.692. The molecule has 0 aliphatic carbocycles. The van der Waals surface area contributed by atoms with Crippen molar-refractivity contribution in [1.82, 2.24) is 19.6 Å². The fourth-order valence-electron chi connectivity index (χ4n) is 2.91. The van der Waals surface area contributed by atoms with Crippen molar-refractivity contribution < 1.29 is 9.53 Å². The molecule has 3 rings (SSSR count). The van der Waals surface area contributed by atoms with Gasteiger partial charge in [0.25, 0.3) is 0 Å². The molecule has 3 heterocycles. The van der Waals surface area contributed by atoms with E-state index in [2.05, 4.69) is 17.0 Å². The molecule has 2 fully saturated rings. The van der Waals surface area contributed by atoms with Crippen LogP contribution in [0.15, 0.2) is 12.4 Å². The molecule has 6 nitrogen and oxygen atoms in total. The second kappa shape index (κ2) is 4.94. The van der Waals surface area contributed by atoms with Crippen molar-refractivity contribution >= 4 is 5.91 Å². The van der Waals surface area contributed by atoms with Gasteiger partial charge in [0.1, 0.15) is 0 Å². The SMILES string of the molecule is CN1CCO[C@@H]2CN(C(=O)Cc3cnn(C)c3)C[C@@H]21. The number of aryl methyl sites for hydroxylation is 1. The average Bonchev–Trinajstić information content (AvgIpc) is 2.96. The van der Waals surface area contributed by atoms with Crippen molar-refractivity contribution in [2.75, 3.05) is 33.3 Å². The quantitative estimate of drug-likeness (QED) is 0.723. The Labute approximate surface area is 112 Å². The van der Waals surface area contributed by atoms with E-state index in [-0.39, 0.29) is 12.0 Å². The number of amides is 1. The summed E-state index contributed by atoms with van der Waals surface area (Å²) < 4.78 is 7.48. The second-order valence-electron chi connectivity index (χ2n) is 5.45. The highest BCUT2D eigenvalue weighted by atomic mass is 16.5. The van der Waals surface area contributed by atoms with E-state index in [0.29, 0.717) is 19.0 Å². The molecule has 2 aliphatic rings. The Kier molecular flexibility index (Phi) is 3.28. The molecule has 0 bridgehead atoms. The Morgan fingerprint density at radius 1 is 1.47 bits per heavy atom. The van der Waals surface area contributed by atoms with E-state index in [1.54, 1.807) is 10.9 Å². The summed E-state index contributed by atoms with van der Waals surface area (Å²) in [5, 5.41) is 4.09. The van der Waals surface area contributed by atoms with E-state index in [9.17, 15) is 4.79 Å². The maximum atomic E-state index is 12.3. The molecule has 0 aromatic carbocycles. The van der Waals surface area contributed by atoms with Crippen LogP contribution in [0.5, 0.6) is 0 Å². The van der Waals surface area contributed by atoms with Gasteiger partial charge in [-0.25, -0.2) is 0 Å². The van der Waals surface area contributed by atoms with Gasteiger partial charge in [-0.05, 0) is 12.6 Å². The fourth-order valence-corrected chi connectivity index (χ4v) is 2.91. The minimum Gasteiger partial charge on any atom is -0.373 e. The zero-order valence-corrected chi connectivity index (χ0v) is 11.5. The van der Waals surface area contributed by atoms with Crippen molar-refractivity contribution in [3.8, 4) is 0 Å². The van der Waals surface area contributed by atoms with Crippen LogP contribution < -0.4 is 0 Å². The molecule has 1 aromatic rings. The van der Waals surface area contributed by atoms with Gasteiger partial charge < -0.3 is 9.64 Å². The number of morpholine rings is 1. The maximum absolute atomic E-state index is 12.3. The maximum Gasteiger partial charge on any atom is 0.227 e. The highest BCUT2D eigenvalue weighted by Gasteiger charge is 2.40. The van der Waals surface area contributed by atoms with Gasteiger partial charge >= 0.3 is 0 Å². The molecule has 0 N–H and O–H groups in total. The molecule has 0 unspecified atom stereocenters. The lowest BCUT2D eigenvalue weighted by Crippen LogP contribution is -2.48. The van der Waals surface area contributed by atoms with Crippen LogP contribution in [0.4, 0.5) is 0 Å². The number of fused-ring (bicyclic) bond motifs is 1. The van der Waals surface area contributed by atoms with Crippen molar-refractivity contribution in [2.24, 2.45) is 7.05 Å². The third-order valence-corrected chi connectivity index (χ3v) is 4.05. The van der Waals surface area contributed by atoms with Gasteiger partial charge in [0.2, 0.25) is 5.91 Å². The van der Waals surface area contributed by atoms with Gasteiger partial charge in [-0.15, -0.1) is 0 Å². The summed E-state index contributed by atoms with van der Waals surface area (Å²) in [5.74, 6) is 0.166. The predicted octanol–water partition coefficient (Wildman–Crippen LogP) is -0.496. The average molecular weight is 264 g/mol. The summed E-state index contributed by atoms with van der Waals surface area (Å²) in [6.07, 6.45) is 4.25. The first kappa shape index (κ1) is 12.6. The Bertz CT molecular complexity index is 473. The summed E-state index contributed by atoms with van der Waals surface area (Å²) in [4.78, 5) is 16.5. The lowest BCUT2D eigenvalue weighted by Gasteiger charge is -2.33. The number of aromatic nitrogens is 2. The van der Waals surface area contributed by atoms with E-state index in [1.807, 2.05) is 18.1 Å². The van der Waals surface area contributed by atoms with Gasteiger partial charge in [-0.1, -0.05) is 0 Å². The summed E-state index contributed by atoms with van der Waals surface area (Å²) in [5.41, 5.74) is 0.969. The lowest BCUT2D eigenvalue weighted by atomic mass is 10.1. The summed E-state index contributed by atoms with van der Waals surface area (Å²) in [6, 6.07) is 0.353. The number of hydrogen-bond donors (Lipinski definition) is 0. The minimum atomic E-state index is 0.166. The summed E-state index contributed by atoms with van der Waals surface area (Å²) in [6.45, 7) is 3.21. The van der Waals surface area contributed by atoms with E-state index < -0.39 is 0 Å². The Hall–Kier alpha value is -1.40. The van der Waals surface area contributed by atoms with Gasteiger partial charge in [0, 0.05) is 32.9 Å². The standard InChI is InChI=1S/C13H20N4O2/c1-15-3-4-19-12-9-17(8-11(12)15)13(18)5-10-6-14-16(2)7-10/h6-7,11-12H,3-5,8-9H2,1-2H3/t11-,12+/m0/s1. The molecule has 104 valence electrons. The largest absolute Gasteiger partial charge is 0.373 e. The van der Waals surface area contributed by atoms with Crippen molar-refractivity contribution in [3.63, 3.8) is 0 Å². The molecular weight excluding hydrogens is 244 g/mol. The Morgan fingerprint density at radius 2 is 2.32 bits per heavy atom. The van der Waals surface area contributed by atoms with Gasteiger partial charge in [-0.3, -0.25) is 14.4 Å². The van der Waals surface area contributed by atoms with Crippen LogP contribution in [-0.4, -0.2) is 70.9 Å². The van der Waals surface area contributed by atoms with Crippen LogP contribution in [0.2, 0.25) is 0 Å². The normalized spacial score (nSPS) is 27.6. The smallest absolute Gasteiger partial charge is 0.227 e. The highest BCUT2D eigenvalue weighted by Crippen LogP contribution is 2.22. The Morgan fingerprint density at radius 3 is 3.00 bits per heavy atom. The van der Waals surface area contributed by atoms with Gasteiger partial charge in [-0.2, -0.15) is 5.10 Å². The van der Waals surface area contributed by atoms with Crippen LogP contribution in [0.25, 0.3) is 0 Å². The van der Waals surface area contributed by atoms with Crippen LogP contribution in [0.1, 0.15) is 5.56 Å². The number of rotatable bonds is 2. The molecule has 0 radical (unpaired) electrons. The number of hydrogen-bond acceptors (Lipinski definition) is 4. The first-order chi connectivity index (χ1) is 9.13. The van der Waals surface area contributed by atoms with Crippen molar-refractivity contribution in [2.45, 2.75) is 18.6 Å². The number of likely N-dealkylation sites (tertiary alicyclic amines) is 1. The summed E-state index contributed by atoms with van der Waals surface area (Å²) in [7, 11) is 3.97. The lowest BCUT2D eigenvalue weighted by molar-refractivity contribution is -0.129. The monoisotopic (exact) mass is 264 g/mol. The molecule has 2 atom stereocenters. The molecule has 0 saturated carbocycles. The number of nitrogens with zero attached hydrogens (tertiary/aromatic N) is 4. The first-order valence-corrected chi connectivity index (χ1v) is 6.70. The highest BCUT2D eigenvalue weighted by molar-refractivity contribution is 5.79. The summed E-state index contributed by atoms with van der Waals surface area (Å²) >= 11 is 0.